The van der Waals surface area contributed by atoms with Gasteiger partial charge in [0.2, 0.25) is 0 Å². The van der Waals surface area contributed by atoms with Crippen molar-refractivity contribution in [3.63, 3.8) is 0 Å². The lowest BCUT2D eigenvalue weighted by Gasteiger charge is -2.12. The fourth-order valence-corrected chi connectivity index (χ4v) is 2.17. The van der Waals surface area contributed by atoms with Gasteiger partial charge in [0.05, 0.1) is 12.3 Å². The van der Waals surface area contributed by atoms with E-state index in [1.807, 2.05) is 19.1 Å². The number of halogens is 2. The molecule has 110 valence electrons. The number of anilines is 1. The minimum atomic E-state index is -0.223. The quantitative estimate of drug-likeness (QED) is 0.808. The predicted octanol–water partition coefficient (Wildman–Crippen LogP) is 4.73. The van der Waals surface area contributed by atoms with Crippen LogP contribution >= 0.6 is 23.2 Å². The Morgan fingerprint density at radius 2 is 1.90 bits per heavy atom. The molecule has 2 rings (SSSR count). The standard InChI is InChI=1S/C16H15Cl2NO2/c1-2-21-15-8-7-13(18)9-14(15)19-16(20)12-5-3-11(10-17)4-6-12/h3-9H,2,10H2,1H3,(H,19,20). The lowest BCUT2D eigenvalue weighted by Crippen LogP contribution is -2.13. The first-order valence-corrected chi connectivity index (χ1v) is 7.44. The van der Waals surface area contributed by atoms with E-state index in [0.717, 1.165) is 5.56 Å². The van der Waals surface area contributed by atoms with Gasteiger partial charge in [-0.05, 0) is 42.8 Å². The Bertz CT molecular complexity index is 627. The molecule has 0 heterocycles. The molecular formula is C16H15Cl2NO2. The topological polar surface area (TPSA) is 38.3 Å². The summed E-state index contributed by atoms with van der Waals surface area (Å²) >= 11 is 11.7. The van der Waals surface area contributed by atoms with Crippen molar-refractivity contribution in [3.8, 4) is 5.75 Å². The summed E-state index contributed by atoms with van der Waals surface area (Å²) in [4.78, 5) is 12.2. The van der Waals surface area contributed by atoms with E-state index >= 15 is 0 Å². The van der Waals surface area contributed by atoms with Gasteiger partial charge in [-0.3, -0.25) is 4.79 Å². The zero-order valence-corrected chi connectivity index (χ0v) is 13.0. The minimum absolute atomic E-state index is 0.223. The fraction of sp³-hybridized carbons (Fsp3) is 0.188. The molecule has 0 saturated carbocycles. The first-order chi connectivity index (χ1) is 10.1. The Morgan fingerprint density at radius 1 is 1.19 bits per heavy atom. The van der Waals surface area contributed by atoms with Crippen molar-refractivity contribution < 1.29 is 9.53 Å². The van der Waals surface area contributed by atoms with Gasteiger partial charge >= 0.3 is 0 Å². The number of carbonyl (C=O) groups is 1. The van der Waals surface area contributed by atoms with Crippen LogP contribution in [-0.4, -0.2) is 12.5 Å². The van der Waals surface area contributed by atoms with Gasteiger partial charge in [0.15, 0.2) is 0 Å². The van der Waals surface area contributed by atoms with Crippen LogP contribution in [0, 0.1) is 0 Å². The second kappa shape index (κ2) is 7.34. The maximum absolute atomic E-state index is 12.2. The number of hydrogen-bond donors (Lipinski definition) is 1. The lowest BCUT2D eigenvalue weighted by atomic mass is 10.1. The van der Waals surface area contributed by atoms with Crippen molar-refractivity contribution >= 4 is 34.8 Å². The number of carbonyl (C=O) groups excluding carboxylic acids is 1. The van der Waals surface area contributed by atoms with Crippen LogP contribution in [0.4, 0.5) is 5.69 Å². The monoisotopic (exact) mass is 323 g/mol. The van der Waals surface area contributed by atoms with Gasteiger partial charge in [0, 0.05) is 16.5 Å². The number of nitrogens with one attached hydrogen (secondary N) is 1. The summed E-state index contributed by atoms with van der Waals surface area (Å²) < 4.78 is 5.47. The molecule has 2 aromatic rings. The molecular weight excluding hydrogens is 309 g/mol. The number of ether oxygens (including phenoxy) is 1. The first kappa shape index (κ1) is 15.7. The van der Waals surface area contributed by atoms with E-state index in [4.69, 9.17) is 27.9 Å². The van der Waals surface area contributed by atoms with E-state index in [1.54, 1.807) is 30.3 Å². The normalized spacial score (nSPS) is 10.2. The summed E-state index contributed by atoms with van der Waals surface area (Å²) in [5.74, 6) is 0.789. The Labute approximate surface area is 133 Å². The van der Waals surface area contributed by atoms with Gasteiger partial charge in [-0.15, -0.1) is 11.6 Å². The molecule has 1 N–H and O–H groups in total. The minimum Gasteiger partial charge on any atom is -0.492 e. The van der Waals surface area contributed by atoms with Crippen LogP contribution in [0.5, 0.6) is 5.75 Å². The van der Waals surface area contributed by atoms with Crippen LogP contribution in [0.15, 0.2) is 42.5 Å². The third kappa shape index (κ3) is 4.13. The van der Waals surface area contributed by atoms with Crippen LogP contribution in [0.2, 0.25) is 5.02 Å². The summed E-state index contributed by atoms with van der Waals surface area (Å²) in [6.07, 6.45) is 0. The molecule has 0 aromatic heterocycles. The molecule has 0 fully saturated rings. The summed E-state index contributed by atoms with van der Waals surface area (Å²) in [5.41, 5.74) is 2.06. The molecule has 3 nitrogen and oxygen atoms in total. The Balaban J connectivity index is 2.19. The SMILES string of the molecule is CCOc1ccc(Cl)cc1NC(=O)c1ccc(CCl)cc1. The van der Waals surface area contributed by atoms with E-state index in [-0.39, 0.29) is 5.91 Å². The van der Waals surface area contributed by atoms with Crippen molar-refractivity contribution in [1.29, 1.82) is 0 Å². The molecule has 0 spiro atoms. The summed E-state index contributed by atoms with van der Waals surface area (Å²) in [5, 5.41) is 3.34. The highest BCUT2D eigenvalue weighted by molar-refractivity contribution is 6.31. The van der Waals surface area contributed by atoms with Crippen LogP contribution in [0.1, 0.15) is 22.8 Å². The van der Waals surface area contributed by atoms with Crippen LogP contribution in [0.25, 0.3) is 0 Å². The first-order valence-electron chi connectivity index (χ1n) is 6.52. The second-order valence-corrected chi connectivity index (χ2v) is 5.06. The van der Waals surface area contributed by atoms with Crippen molar-refractivity contribution in [3.05, 3.63) is 58.6 Å². The molecule has 21 heavy (non-hydrogen) atoms. The number of amides is 1. The molecule has 5 heteroatoms. The van der Waals surface area contributed by atoms with Gasteiger partial charge in [-0.25, -0.2) is 0 Å². The van der Waals surface area contributed by atoms with Gasteiger partial charge in [0.25, 0.3) is 5.91 Å². The maximum Gasteiger partial charge on any atom is 0.255 e. The van der Waals surface area contributed by atoms with Crippen LogP contribution in [0.3, 0.4) is 0 Å². The van der Waals surface area contributed by atoms with Crippen molar-refractivity contribution in [2.45, 2.75) is 12.8 Å². The highest BCUT2D eigenvalue weighted by Gasteiger charge is 2.10. The number of benzene rings is 2. The highest BCUT2D eigenvalue weighted by atomic mass is 35.5. The van der Waals surface area contributed by atoms with Crippen molar-refractivity contribution in [2.75, 3.05) is 11.9 Å². The van der Waals surface area contributed by atoms with E-state index in [9.17, 15) is 4.79 Å². The molecule has 0 bridgehead atoms. The number of rotatable bonds is 5. The average Bonchev–Trinajstić information content (AvgIpc) is 2.50. The Kier molecular flexibility index (Phi) is 5.48. The van der Waals surface area contributed by atoms with Crippen LogP contribution in [-0.2, 0) is 5.88 Å². The van der Waals surface area contributed by atoms with Crippen molar-refractivity contribution in [2.24, 2.45) is 0 Å². The second-order valence-electron chi connectivity index (χ2n) is 4.36. The Morgan fingerprint density at radius 3 is 2.52 bits per heavy atom. The molecule has 0 aliphatic carbocycles. The zero-order valence-electron chi connectivity index (χ0n) is 11.5. The largest absolute Gasteiger partial charge is 0.492 e. The van der Waals surface area contributed by atoms with Gasteiger partial charge in [-0.2, -0.15) is 0 Å². The van der Waals surface area contributed by atoms with Gasteiger partial charge < -0.3 is 10.1 Å². The number of hydrogen-bond acceptors (Lipinski definition) is 2. The predicted molar refractivity (Wildman–Crippen MR) is 86.6 cm³/mol. The average molecular weight is 324 g/mol. The number of alkyl halides is 1. The summed E-state index contributed by atoms with van der Waals surface area (Å²) in [7, 11) is 0. The highest BCUT2D eigenvalue weighted by Crippen LogP contribution is 2.28. The van der Waals surface area contributed by atoms with E-state index in [0.29, 0.717) is 34.5 Å². The van der Waals surface area contributed by atoms with Crippen LogP contribution < -0.4 is 10.1 Å². The lowest BCUT2D eigenvalue weighted by molar-refractivity contribution is 0.102. The molecule has 0 aliphatic heterocycles. The smallest absolute Gasteiger partial charge is 0.255 e. The molecule has 1 amide bonds. The molecule has 0 saturated heterocycles. The molecule has 0 aliphatic rings. The van der Waals surface area contributed by atoms with Crippen molar-refractivity contribution in [1.82, 2.24) is 0 Å². The van der Waals surface area contributed by atoms with Gasteiger partial charge in [-0.1, -0.05) is 23.7 Å². The maximum atomic E-state index is 12.2. The molecule has 2 aromatic carbocycles. The molecule has 0 radical (unpaired) electrons. The molecule has 0 unspecified atom stereocenters. The molecule has 0 atom stereocenters. The fourth-order valence-electron chi connectivity index (χ4n) is 1.82. The summed E-state index contributed by atoms with van der Waals surface area (Å²) in [6, 6.07) is 12.2. The third-order valence-electron chi connectivity index (χ3n) is 2.86. The van der Waals surface area contributed by atoms with E-state index in [1.165, 1.54) is 0 Å². The summed E-state index contributed by atoms with van der Waals surface area (Å²) in [6.45, 7) is 2.39. The Hall–Kier alpha value is -1.71. The van der Waals surface area contributed by atoms with E-state index < -0.39 is 0 Å². The van der Waals surface area contributed by atoms with Gasteiger partial charge in [0.1, 0.15) is 5.75 Å². The zero-order chi connectivity index (χ0) is 15.2. The third-order valence-corrected chi connectivity index (χ3v) is 3.40. The van der Waals surface area contributed by atoms with E-state index in [2.05, 4.69) is 5.32 Å².